The number of hydrogen-bond donors (Lipinski definition) is 7. The van der Waals surface area contributed by atoms with Crippen molar-refractivity contribution < 1.29 is 44.3 Å². The third-order valence-corrected chi connectivity index (χ3v) is 5.17. The maximum atomic E-state index is 12.1. The molecule has 10 N–H and O–H groups in total. The van der Waals surface area contributed by atoms with E-state index < -0.39 is 66.6 Å². The molecule has 202 valence electrons. The number of carbonyl (C=O) groups excluding carboxylic acids is 1. The van der Waals surface area contributed by atoms with Gasteiger partial charge in [-0.25, -0.2) is 4.79 Å². The van der Waals surface area contributed by atoms with E-state index in [1.165, 1.54) is 12.3 Å². The van der Waals surface area contributed by atoms with E-state index in [2.05, 4.69) is 4.98 Å². The van der Waals surface area contributed by atoms with Crippen LogP contribution in [0.15, 0.2) is 47.4 Å². The largest absolute Gasteiger partial charge is 0.481 e. The summed E-state index contributed by atoms with van der Waals surface area (Å²) in [5.74, 6) is -3.14. The van der Waals surface area contributed by atoms with Gasteiger partial charge in [-0.2, -0.15) is 4.98 Å². The van der Waals surface area contributed by atoms with Gasteiger partial charge in [0.1, 0.15) is 42.8 Å². The Bertz CT molecular complexity index is 1130. The SMILES string of the molecule is N[C@@H](CC(=O)O)C(=O)O.Nc1ccn([C@@H]2O[C@H](COC(=O)[C@@H](N)Cc3ccccc3)[C@@H](O)[C@@H]2O)c(=O)n1. The highest BCUT2D eigenvalue weighted by molar-refractivity contribution is 5.80. The molecule has 1 aromatic heterocycles. The van der Waals surface area contributed by atoms with E-state index >= 15 is 0 Å². The van der Waals surface area contributed by atoms with Crippen LogP contribution in [0.5, 0.6) is 0 Å². The third kappa shape index (κ3) is 8.62. The van der Waals surface area contributed by atoms with Gasteiger partial charge in [0.05, 0.1) is 6.42 Å². The summed E-state index contributed by atoms with van der Waals surface area (Å²) in [6, 6.07) is 8.41. The fourth-order valence-electron chi connectivity index (χ4n) is 3.21. The van der Waals surface area contributed by atoms with Crippen molar-refractivity contribution in [1.82, 2.24) is 9.55 Å². The molecule has 0 aliphatic carbocycles. The molecule has 2 heterocycles. The highest BCUT2D eigenvalue weighted by Crippen LogP contribution is 2.28. The standard InChI is InChI=1S/C18H22N4O6.C4H7NO4/c19-11(8-10-4-2-1-3-5-10)17(25)27-9-12-14(23)15(24)16(28-12)22-7-6-13(20)21-18(22)26;5-2(4(8)9)1-3(6)7/h1-7,11-12,14-16,23-24H,8-9,19H2,(H2,20,21,26);2H,1,5H2,(H,6,7)(H,8,9)/t11-,12+,14+,15-,16+;2-/m00/s1. The number of nitrogen functional groups attached to an aromatic ring is 1. The second-order valence-corrected chi connectivity index (χ2v) is 8.06. The Morgan fingerprint density at radius 3 is 2.24 bits per heavy atom. The first-order valence-corrected chi connectivity index (χ1v) is 10.9. The Kier molecular flexibility index (Phi) is 10.6. The first-order valence-electron chi connectivity index (χ1n) is 10.9. The lowest BCUT2D eigenvalue weighted by molar-refractivity contribution is -0.151. The molecular formula is C22H29N5O10. The molecule has 0 bridgehead atoms. The van der Waals surface area contributed by atoms with Crippen molar-refractivity contribution in [3.05, 3.63) is 58.6 Å². The zero-order valence-electron chi connectivity index (χ0n) is 19.5. The molecule has 6 atom stereocenters. The summed E-state index contributed by atoms with van der Waals surface area (Å²) in [5, 5.41) is 36.4. The number of aliphatic hydroxyl groups excluding tert-OH is 2. The summed E-state index contributed by atoms with van der Waals surface area (Å²) in [5.41, 5.74) is 16.3. The van der Waals surface area contributed by atoms with Gasteiger partial charge in [-0.05, 0) is 18.1 Å². The highest BCUT2D eigenvalue weighted by Gasteiger charge is 2.44. The molecule has 1 aliphatic heterocycles. The number of carboxylic acid groups (broad SMARTS) is 2. The van der Waals surface area contributed by atoms with Crippen LogP contribution in [0.2, 0.25) is 0 Å². The second kappa shape index (κ2) is 13.4. The number of carboxylic acids is 2. The van der Waals surface area contributed by atoms with Crippen molar-refractivity contribution in [3.8, 4) is 0 Å². The lowest BCUT2D eigenvalue weighted by atomic mass is 10.1. The molecule has 1 aromatic carbocycles. The number of esters is 1. The minimum Gasteiger partial charge on any atom is -0.481 e. The van der Waals surface area contributed by atoms with Crippen molar-refractivity contribution in [1.29, 1.82) is 0 Å². The second-order valence-electron chi connectivity index (χ2n) is 8.06. The number of rotatable bonds is 9. The smallest absolute Gasteiger partial charge is 0.351 e. The number of nitrogens with zero attached hydrogens (tertiary/aromatic N) is 2. The fourth-order valence-corrected chi connectivity index (χ4v) is 3.21. The molecule has 1 saturated heterocycles. The molecule has 15 heteroatoms. The number of nitrogens with two attached hydrogens (primary N) is 3. The minimum atomic E-state index is -1.41. The lowest BCUT2D eigenvalue weighted by Crippen LogP contribution is -2.39. The molecule has 37 heavy (non-hydrogen) atoms. The fraction of sp³-hybridized carbons (Fsp3) is 0.409. The van der Waals surface area contributed by atoms with Crippen LogP contribution in [-0.2, 0) is 30.3 Å². The molecule has 0 amide bonds. The van der Waals surface area contributed by atoms with Crippen LogP contribution < -0.4 is 22.9 Å². The van der Waals surface area contributed by atoms with E-state index in [9.17, 15) is 29.4 Å². The van der Waals surface area contributed by atoms with Gasteiger partial charge in [0.25, 0.3) is 0 Å². The Morgan fingerprint density at radius 1 is 1.05 bits per heavy atom. The zero-order valence-corrected chi connectivity index (χ0v) is 19.5. The summed E-state index contributed by atoms with van der Waals surface area (Å²) in [6.07, 6.45) is -3.93. The van der Waals surface area contributed by atoms with Crippen molar-refractivity contribution in [2.45, 2.75) is 49.5 Å². The van der Waals surface area contributed by atoms with E-state index in [1.54, 1.807) is 0 Å². The molecule has 0 radical (unpaired) electrons. The first-order chi connectivity index (χ1) is 17.4. The average molecular weight is 523 g/mol. The number of aromatic nitrogens is 2. The van der Waals surface area contributed by atoms with Gasteiger partial charge in [-0.15, -0.1) is 0 Å². The topological polar surface area (TPSA) is 264 Å². The lowest BCUT2D eigenvalue weighted by Gasteiger charge is -2.17. The van der Waals surface area contributed by atoms with E-state index in [1.807, 2.05) is 30.3 Å². The van der Waals surface area contributed by atoms with E-state index in [4.69, 9.17) is 36.9 Å². The maximum Gasteiger partial charge on any atom is 0.351 e. The molecule has 1 fully saturated rings. The van der Waals surface area contributed by atoms with E-state index in [-0.39, 0.29) is 12.4 Å². The minimum absolute atomic E-state index is 0.0205. The summed E-state index contributed by atoms with van der Waals surface area (Å²) in [6.45, 7) is -0.326. The molecule has 0 unspecified atom stereocenters. The quantitative estimate of drug-likeness (QED) is 0.167. The Hall–Kier alpha value is -3.89. The maximum absolute atomic E-state index is 12.1. The average Bonchev–Trinajstić information content (AvgIpc) is 3.11. The van der Waals surface area contributed by atoms with Crippen LogP contribution in [-0.4, -0.2) is 84.9 Å². The van der Waals surface area contributed by atoms with Gasteiger partial charge in [-0.3, -0.25) is 19.0 Å². The molecule has 2 aromatic rings. The predicted molar refractivity (Wildman–Crippen MR) is 126 cm³/mol. The number of hydrogen-bond acceptors (Lipinski definition) is 12. The van der Waals surface area contributed by atoms with Crippen molar-refractivity contribution in [3.63, 3.8) is 0 Å². The van der Waals surface area contributed by atoms with Crippen LogP contribution in [0.3, 0.4) is 0 Å². The van der Waals surface area contributed by atoms with Gasteiger partial charge in [0.15, 0.2) is 6.23 Å². The van der Waals surface area contributed by atoms with E-state index in [0.29, 0.717) is 6.42 Å². The van der Waals surface area contributed by atoms with Crippen LogP contribution in [0, 0.1) is 0 Å². The number of anilines is 1. The molecule has 15 nitrogen and oxygen atoms in total. The van der Waals surface area contributed by atoms with Crippen molar-refractivity contribution in [2.75, 3.05) is 12.3 Å². The first kappa shape index (κ1) is 29.3. The van der Waals surface area contributed by atoms with Crippen LogP contribution in [0.4, 0.5) is 5.82 Å². The van der Waals surface area contributed by atoms with E-state index in [0.717, 1.165) is 10.1 Å². The van der Waals surface area contributed by atoms with Gasteiger partial charge >= 0.3 is 23.6 Å². The summed E-state index contributed by atoms with van der Waals surface area (Å²) in [7, 11) is 0. The molecule has 3 rings (SSSR count). The summed E-state index contributed by atoms with van der Waals surface area (Å²) in [4.78, 5) is 47.2. The monoisotopic (exact) mass is 523 g/mol. The molecular weight excluding hydrogens is 494 g/mol. The highest BCUT2D eigenvalue weighted by atomic mass is 16.6. The van der Waals surface area contributed by atoms with Gasteiger partial charge < -0.3 is 47.1 Å². The Balaban J connectivity index is 0.000000458. The van der Waals surface area contributed by atoms with Gasteiger partial charge in [-0.1, -0.05) is 30.3 Å². The number of carbonyl (C=O) groups is 3. The third-order valence-electron chi connectivity index (χ3n) is 5.17. The molecule has 1 aliphatic rings. The van der Waals surface area contributed by atoms with Crippen LogP contribution in [0.25, 0.3) is 0 Å². The molecule has 0 saturated carbocycles. The molecule has 0 spiro atoms. The summed E-state index contributed by atoms with van der Waals surface area (Å²) < 4.78 is 11.6. The van der Waals surface area contributed by atoms with Gasteiger partial charge in [0.2, 0.25) is 0 Å². The normalized spacial score (nSPS) is 22.3. The number of aliphatic carboxylic acids is 2. The van der Waals surface area contributed by atoms with Crippen LogP contribution in [0.1, 0.15) is 18.2 Å². The zero-order chi connectivity index (χ0) is 27.7. The van der Waals surface area contributed by atoms with Gasteiger partial charge in [0, 0.05) is 6.20 Å². The number of aliphatic hydroxyl groups is 2. The number of ether oxygens (including phenoxy) is 2. The Labute approximate surface area is 210 Å². The van der Waals surface area contributed by atoms with Crippen molar-refractivity contribution >= 4 is 23.7 Å². The number of benzene rings is 1. The predicted octanol–water partition coefficient (Wildman–Crippen LogP) is -2.57. The summed E-state index contributed by atoms with van der Waals surface area (Å²) >= 11 is 0. The Morgan fingerprint density at radius 2 is 1.70 bits per heavy atom. The van der Waals surface area contributed by atoms with Crippen molar-refractivity contribution in [2.24, 2.45) is 11.5 Å². The van der Waals surface area contributed by atoms with Crippen LogP contribution >= 0.6 is 0 Å².